The first-order valence-corrected chi connectivity index (χ1v) is 8.53. The van der Waals surface area contributed by atoms with Gasteiger partial charge in [0.05, 0.1) is 0 Å². The van der Waals surface area contributed by atoms with Crippen LogP contribution in [0.15, 0.2) is 30.3 Å². The molecule has 0 bridgehead atoms. The minimum absolute atomic E-state index is 0. The normalized spacial score (nSPS) is 23.7. The number of carbonyl (C=O) groups excluding carboxylic acids is 2. The van der Waals surface area contributed by atoms with Crippen molar-refractivity contribution in [1.82, 2.24) is 15.1 Å². The third kappa shape index (κ3) is 3.90. The van der Waals surface area contributed by atoms with Crippen molar-refractivity contribution in [2.24, 2.45) is 0 Å². The molecule has 0 aromatic heterocycles. The van der Waals surface area contributed by atoms with E-state index in [2.05, 4.69) is 5.32 Å². The number of nitrogens with zero attached hydrogens (tertiary/aromatic N) is 2. The monoisotopic (exact) mass is 351 g/mol. The number of rotatable bonds is 3. The molecule has 2 unspecified atom stereocenters. The van der Waals surface area contributed by atoms with Crippen LogP contribution in [-0.2, 0) is 4.79 Å². The van der Waals surface area contributed by atoms with E-state index in [0.29, 0.717) is 18.2 Å². The van der Waals surface area contributed by atoms with Crippen molar-refractivity contribution < 1.29 is 9.59 Å². The van der Waals surface area contributed by atoms with Crippen LogP contribution in [0.5, 0.6) is 0 Å². The molecule has 0 radical (unpaired) electrons. The van der Waals surface area contributed by atoms with Gasteiger partial charge in [0.15, 0.2) is 0 Å². The summed E-state index contributed by atoms with van der Waals surface area (Å²) in [7, 11) is 1.94. The van der Waals surface area contributed by atoms with E-state index in [1.807, 2.05) is 42.3 Å². The molecule has 0 saturated carbocycles. The summed E-state index contributed by atoms with van der Waals surface area (Å²) in [5.74, 6) is 0.0929. The second-order valence-electron chi connectivity index (χ2n) is 6.43. The Morgan fingerprint density at radius 1 is 1.08 bits per heavy atom. The number of carbonyl (C=O) groups is 2. The third-order valence-corrected chi connectivity index (χ3v) is 4.96. The molecule has 132 valence electrons. The van der Waals surface area contributed by atoms with Crippen LogP contribution in [0.4, 0.5) is 0 Å². The average molecular weight is 352 g/mol. The molecule has 3 rings (SSSR count). The lowest BCUT2D eigenvalue weighted by Crippen LogP contribution is -2.53. The summed E-state index contributed by atoms with van der Waals surface area (Å²) in [6.07, 6.45) is 3.81. The summed E-state index contributed by atoms with van der Waals surface area (Å²) >= 11 is 0. The number of likely N-dealkylation sites (N-methyl/N-ethyl adjacent to an activating group) is 1. The molecule has 2 atom stereocenters. The minimum atomic E-state index is -0.293. The summed E-state index contributed by atoms with van der Waals surface area (Å²) < 4.78 is 0. The SMILES string of the molecule is CNC1CCCN(C(=O)C2CCCN2C(=O)c2ccccc2)C1.Cl. The largest absolute Gasteiger partial charge is 0.339 e. The van der Waals surface area contributed by atoms with Crippen LogP contribution in [0.2, 0.25) is 0 Å². The standard InChI is InChI=1S/C18H25N3O2.ClH/c1-19-15-9-5-11-20(13-15)18(23)16-10-6-12-21(16)17(22)14-7-3-2-4-8-14;/h2-4,7-8,15-16,19H,5-6,9-13H2,1H3;1H. The van der Waals surface area contributed by atoms with E-state index in [1.54, 1.807) is 4.90 Å². The van der Waals surface area contributed by atoms with Crippen LogP contribution in [0, 0.1) is 0 Å². The van der Waals surface area contributed by atoms with Crippen LogP contribution < -0.4 is 5.32 Å². The molecule has 1 aromatic rings. The third-order valence-electron chi connectivity index (χ3n) is 4.96. The Morgan fingerprint density at radius 2 is 1.79 bits per heavy atom. The van der Waals surface area contributed by atoms with Gasteiger partial charge in [-0.3, -0.25) is 9.59 Å². The number of piperidine rings is 1. The number of hydrogen-bond donors (Lipinski definition) is 1. The first-order valence-electron chi connectivity index (χ1n) is 8.53. The zero-order chi connectivity index (χ0) is 16.2. The Kier molecular flexibility index (Phi) is 6.63. The highest BCUT2D eigenvalue weighted by molar-refractivity contribution is 5.98. The molecule has 24 heavy (non-hydrogen) atoms. The van der Waals surface area contributed by atoms with Gasteiger partial charge in [-0.1, -0.05) is 18.2 Å². The van der Waals surface area contributed by atoms with E-state index in [4.69, 9.17) is 0 Å². The van der Waals surface area contributed by atoms with Gasteiger partial charge >= 0.3 is 0 Å². The zero-order valence-corrected chi connectivity index (χ0v) is 14.9. The van der Waals surface area contributed by atoms with Crippen molar-refractivity contribution in [2.45, 2.75) is 37.8 Å². The van der Waals surface area contributed by atoms with Crippen LogP contribution in [0.3, 0.4) is 0 Å². The molecule has 2 heterocycles. The number of hydrogen-bond acceptors (Lipinski definition) is 3. The van der Waals surface area contributed by atoms with E-state index < -0.39 is 0 Å². The Labute approximate surface area is 149 Å². The molecule has 6 heteroatoms. The highest BCUT2D eigenvalue weighted by Crippen LogP contribution is 2.23. The maximum Gasteiger partial charge on any atom is 0.254 e. The maximum atomic E-state index is 12.9. The first-order chi connectivity index (χ1) is 11.2. The number of likely N-dealkylation sites (tertiary alicyclic amines) is 2. The van der Waals surface area contributed by atoms with Crippen molar-refractivity contribution in [2.75, 3.05) is 26.7 Å². The van der Waals surface area contributed by atoms with Crippen molar-refractivity contribution in [1.29, 1.82) is 0 Å². The lowest BCUT2D eigenvalue weighted by molar-refractivity contribution is -0.136. The molecule has 0 aliphatic carbocycles. The number of amides is 2. The van der Waals surface area contributed by atoms with Crippen molar-refractivity contribution in [3.63, 3.8) is 0 Å². The Balaban J connectivity index is 0.00000208. The van der Waals surface area contributed by atoms with Gasteiger partial charge in [0.25, 0.3) is 5.91 Å². The Bertz CT molecular complexity index is 567. The molecule has 2 saturated heterocycles. The predicted octanol–water partition coefficient (Wildman–Crippen LogP) is 1.92. The van der Waals surface area contributed by atoms with Crippen LogP contribution >= 0.6 is 12.4 Å². The van der Waals surface area contributed by atoms with Gasteiger partial charge in [-0.15, -0.1) is 12.4 Å². The Morgan fingerprint density at radius 3 is 2.50 bits per heavy atom. The highest BCUT2D eigenvalue weighted by atomic mass is 35.5. The molecule has 1 N–H and O–H groups in total. The van der Waals surface area contributed by atoms with Crippen LogP contribution in [0.1, 0.15) is 36.0 Å². The molecular weight excluding hydrogens is 326 g/mol. The minimum Gasteiger partial charge on any atom is -0.339 e. The van der Waals surface area contributed by atoms with Crippen LogP contribution in [0.25, 0.3) is 0 Å². The Hall–Kier alpha value is -1.59. The lowest BCUT2D eigenvalue weighted by Gasteiger charge is -2.36. The summed E-state index contributed by atoms with van der Waals surface area (Å²) in [4.78, 5) is 29.3. The summed E-state index contributed by atoms with van der Waals surface area (Å²) in [6.45, 7) is 2.23. The van der Waals surface area contributed by atoms with E-state index in [9.17, 15) is 9.59 Å². The first kappa shape index (κ1) is 18.7. The molecule has 2 amide bonds. The lowest BCUT2D eigenvalue weighted by atomic mass is 10.0. The maximum absolute atomic E-state index is 12.9. The van der Waals surface area contributed by atoms with E-state index >= 15 is 0 Å². The highest BCUT2D eigenvalue weighted by Gasteiger charge is 2.37. The fourth-order valence-corrected chi connectivity index (χ4v) is 3.64. The summed E-state index contributed by atoms with van der Waals surface area (Å²) in [5, 5.41) is 3.26. The quantitative estimate of drug-likeness (QED) is 0.905. The zero-order valence-electron chi connectivity index (χ0n) is 14.1. The van der Waals surface area contributed by atoms with Gasteiger partial charge in [0.2, 0.25) is 5.91 Å². The van der Waals surface area contributed by atoms with E-state index in [0.717, 1.165) is 38.8 Å². The van der Waals surface area contributed by atoms with E-state index in [-0.39, 0.29) is 30.3 Å². The number of benzene rings is 1. The molecule has 5 nitrogen and oxygen atoms in total. The number of halogens is 1. The average Bonchev–Trinajstić information content (AvgIpc) is 3.11. The fraction of sp³-hybridized carbons (Fsp3) is 0.556. The second-order valence-corrected chi connectivity index (χ2v) is 6.43. The fourth-order valence-electron chi connectivity index (χ4n) is 3.64. The van der Waals surface area contributed by atoms with Gasteiger partial charge in [-0.05, 0) is 44.9 Å². The van der Waals surface area contributed by atoms with Crippen LogP contribution in [-0.4, -0.2) is 60.4 Å². The van der Waals surface area contributed by atoms with Crippen molar-refractivity contribution in [3.8, 4) is 0 Å². The predicted molar refractivity (Wildman–Crippen MR) is 96.4 cm³/mol. The van der Waals surface area contributed by atoms with E-state index in [1.165, 1.54) is 0 Å². The molecule has 2 aliphatic rings. The van der Waals surface area contributed by atoms with Crippen molar-refractivity contribution >= 4 is 24.2 Å². The molecule has 2 fully saturated rings. The molecule has 2 aliphatic heterocycles. The van der Waals surface area contributed by atoms with Gasteiger partial charge in [-0.2, -0.15) is 0 Å². The summed E-state index contributed by atoms with van der Waals surface area (Å²) in [5.41, 5.74) is 0.666. The van der Waals surface area contributed by atoms with Crippen molar-refractivity contribution in [3.05, 3.63) is 35.9 Å². The topological polar surface area (TPSA) is 52.7 Å². The molecule has 1 aromatic carbocycles. The van der Waals surface area contributed by atoms with Gasteiger partial charge in [0.1, 0.15) is 6.04 Å². The second kappa shape index (κ2) is 8.49. The molecular formula is C18H26ClN3O2. The van der Waals surface area contributed by atoms with Gasteiger partial charge < -0.3 is 15.1 Å². The number of nitrogens with one attached hydrogen (secondary N) is 1. The summed E-state index contributed by atoms with van der Waals surface area (Å²) in [6, 6.07) is 9.34. The van der Waals surface area contributed by atoms with Gasteiger partial charge in [0, 0.05) is 31.2 Å². The smallest absolute Gasteiger partial charge is 0.254 e. The van der Waals surface area contributed by atoms with Gasteiger partial charge in [-0.25, -0.2) is 0 Å². The molecule has 0 spiro atoms.